The molecule has 1 fully saturated rings. The molecular weight excluding hydrogens is 262 g/mol. The predicted octanol–water partition coefficient (Wildman–Crippen LogP) is 0.260. The molecule has 0 aromatic heterocycles. The first-order valence-corrected chi connectivity index (χ1v) is 7.09. The van der Waals surface area contributed by atoms with E-state index in [9.17, 15) is 9.59 Å². The highest BCUT2D eigenvalue weighted by atomic mass is 16.5. The van der Waals surface area contributed by atoms with Gasteiger partial charge in [0.05, 0.1) is 0 Å². The average Bonchev–Trinajstić information content (AvgIpc) is 2.45. The van der Waals surface area contributed by atoms with Crippen LogP contribution < -0.4 is 10.6 Å². The third-order valence-electron chi connectivity index (χ3n) is 3.56. The van der Waals surface area contributed by atoms with Crippen molar-refractivity contribution in [3.63, 3.8) is 0 Å². The van der Waals surface area contributed by atoms with Crippen molar-refractivity contribution >= 4 is 12.0 Å². The number of carbonyl (C=O) groups excluding carboxylic acids is 1. The maximum absolute atomic E-state index is 12.2. The van der Waals surface area contributed by atoms with Gasteiger partial charge in [-0.3, -0.25) is 0 Å². The van der Waals surface area contributed by atoms with Gasteiger partial charge in [-0.25, -0.2) is 9.59 Å². The Labute approximate surface area is 119 Å². The van der Waals surface area contributed by atoms with Gasteiger partial charge in [-0.2, -0.15) is 0 Å². The van der Waals surface area contributed by atoms with Crippen LogP contribution >= 0.6 is 0 Å². The molecule has 7 heteroatoms. The summed E-state index contributed by atoms with van der Waals surface area (Å²) in [6, 6.07) is -1.03. The standard InChI is InChI=1S/C13H25N3O4/c1-3-16(10-4-7-14-8-5-10)13(19)15-11(12(17)18)6-9-20-2/h10-11,14H,3-9H2,1-2H3,(H,15,19)(H,17,18). The Hall–Kier alpha value is -1.34. The minimum Gasteiger partial charge on any atom is -0.480 e. The first-order chi connectivity index (χ1) is 9.60. The Morgan fingerprint density at radius 1 is 1.45 bits per heavy atom. The minimum absolute atomic E-state index is 0.179. The van der Waals surface area contributed by atoms with E-state index >= 15 is 0 Å². The molecule has 0 spiro atoms. The van der Waals surface area contributed by atoms with Gasteiger partial charge in [0.25, 0.3) is 0 Å². The number of piperidine rings is 1. The molecule has 0 bridgehead atoms. The van der Waals surface area contributed by atoms with Gasteiger partial charge < -0.3 is 25.4 Å². The van der Waals surface area contributed by atoms with Crippen LogP contribution in [0.15, 0.2) is 0 Å². The molecule has 1 atom stereocenters. The molecule has 0 saturated carbocycles. The molecule has 1 aliphatic rings. The zero-order valence-corrected chi connectivity index (χ0v) is 12.2. The predicted molar refractivity (Wildman–Crippen MR) is 74.7 cm³/mol. The first kappa shape index (κ1) is 16.7. The normalized spacial score (nSPS) is 17.5. The smallest absolute Gasteiger partial charge is 0.326 e. The summed E-state index contributed by atoms with van der Waals surface area (Å²) in [5.74, 6) is -1.03. The van der Waals surface area contributed by atoms with Crippen molar-refractivity contribution in [2.75, 3.05) is 33.4 Å². The average molecular weight is 287 g/mol. The Morgan fingerprint density at radius 2 is 2.10 bits per heavy atom. The topological polar surface area (TPSA) is 90.9 Å². The largest absolute Gasteiger partial charge is 0.480 e. The quantitative estimate of drug-likeness (QED) is 0.625. The number of nitrogens with zero attached hydrogens (tertiary/aromatic N) is 1. The van der Waals surface area contributed by atoms with E-state index in [0.29, 0.717) is 13.2 Å². The van der Waals surface area contributed by atoms with Crippen LogP contribution in [-0.2, 0) is 9.53 Å². The van der Waals surface area contributed by atoms with Crippen LogP contribution in [0.4, 0.5) is 4.79 Å². The van der Waals surface area contributed by atoms with Gasteiger partial charge in [0, 0.05) is 32.7 Å². The molecule has 0 aromatic carbocycles. The van der Waals surface area contributed by atoms with E-state index in [4.69, 9.17) is 9.84 Å². The van der Waals surface area contributed by atoms with Crippen molar-refractivity contribution in [2.45, 2.75) is 38.3 Å². The molecule has 2 amide bonds. The second kappa shape index (κ2) is 8.76. The molecule has 1 saturated heterocycles. The summed E-state index contributed by atoms with van der Waals surface area (Å²) in [5.41, 5.74) is 0. The van der Waals surface area contributed by atoms with Crippen molar-refractivity contribution in [3.8, 4) is 0 Å². The Morgan fingerprint density at radius 3 is 2.60 bits per heavy atom. The minimum atomic E-state index is -1.03. The number of aliphatic carboxylic acids is 1. The summed E-state index contributed by atoms with van der Waals surface area (Å²) in [7, 11) is 1.51. The van der Waals surface area contributed by atoms with Crippen LogP contribution in [0, 0.1) is 0 Å². The maximum Gasteiger partial charge on any atom is 0.326 e. The Kier molecular flexibility index (Phi) is 7.32. The summed E-state index contributed by atoms with van der Waals surface area (Å²) in [5, 5.41) is 15.0. The van der Waals surface area contributed by atoms with E-state index in [1.165, 1.54) is 7.11 Å². The third kappa shape index (κ3) is 4.97. The zero-order chi connectivity index (χ0) is 15.0. The summed E-state index contributed by atoms with van der Waals surface area (Å²) in [6.07, 6.45) is 2.06. The number of rotatable bonds is 7. The van der Waals surface area contributed by atoms with Gasteiger partial charge in [-0.1, -0.05) is 0 Å². The highest BCUT2D eigenvalue weighted by Crippen LogP contribution is 2.12. The monoisotopic (exact) mass is 287 g/mol. The van der Waals surface area contributed by atoms with Gasteiger partial charge in [-0.05, 0) is 32.9 Å². The lowest BCUT2D eigenvalue weighted by molar-refractivity contribution is -0.139. The van der Waals surface area contributed by atoms with Gasteiger partial charge in [0.2, 0.25) is 0 Å². The van der Waals surface area contributed by atoms with Crippen molar-refractivity contribution in [2.24, 2.45) is 0 Å². The van der Waals surface area contributed by atoms with Crippen molar-refractivity contribution < 1.29 is 19.4 Å². The fraction of sp³-hybridized carbons (Fsp3) is 0.846. The molecule has 0 aliphatic carbocycles. The maximum atomic E-state index is 12.2. The fourth-order valence-corrected chi connectivity index (χ4v) is 2.41. The van der Waals surface area contributed by atoms with Crippen LogP contribution in [0.25, 0.3) is 0 Å². The van der Waals surface area contributed by atoms with E-state index in [1.54, 1.807) is 4.90 Å². The van der Waals surface area contributed by atoms with E-state index in [0.717, 1.165) is 25.9 Å². The zero-order valence-electron chi connectivity index (χ0n) is 12.2. The number of carbonyl (C=O) groups is 2. The number of ether oxygens (including phenoxy) is 1. The highest BCUT2D eigenvalue weighted by Gasteiger charge is 2.27. The van der Waals surface area contributed by atoms with Crippen LogP contribution in [0.2, 0.25) is 0 Å². The lowest BCUT2D eigenvalue weighted by Crippen LogP contribution is -2.53. The lowest BCUT2D eigenvalue weighted by atomic mass is 10.1. The second-order valence-corrected chi connectivity index (χ2v) is 4.89. The van der Waals surface area contributed by atoms with Crippen LogP contribution in [0.3, 0.4) is 0 Å². The summed E-state index contributed by atoms with van der Waals surface area (Å²) < 4.78 is 4.87. The highest BCUT2D eigenvalue weighted by molar-refractivity contribution is 5.82. The molecule has 0 radical (unpaired) electrons. The van der Waals surface area contributed by atoms with Crippen LogP contribution in [0.5, 0.6) is 0 Å². The fourth-order valence-electron chi connectivity index (χ4n) is 2.41. The van der Waals surface area contributed by atoms with Crippen molar-refractivity contribution in [1.82, 2.24) is 15.5 Å². The third-order valence-corrected chi connectivity index (χ3v) is 3.56. The lowest BCUT2D eigenvalue weighted by Gasteiger charge is -2.34. The molecule has 1 aliphatic heterocycles. The van der Waals surface area contributed by atoms with E-state index in [1.807, 2.05) is 6.92 Å². The van der Waals surface area contributed by atoms with E-state index in [2.05, 4.69) is 10.6 Å². The molecule has 1 rings (SSSR count). The summed E-state index contributed by atoms with van der Waals surface area (Å²) in [6.45, 7) is 4.57. The van der Waals surface area contributed by atoms with Crippen molar-refractivity contribution in [1.29, 1.82) is 0 Å². The number of urea groups is 1. The summed E-state index contributed by atoms with van der Waals surface area (Å²) in [4.78, 5) is 25.1. The first-order valence-electron chi connectivity index (χ1n) is 7.09. The van der Waals surface area contributed by atoms with Gasteiger partial charge in [0.15, 0.2) is 0 Å². The van der Waals surface area contributed by atoms with Crippen LogP contribution in [0.1, 0.15) is 26.2 Å². The van der Waals surface area contributed by atoms with E-state index < -0.39 is 12.0 Å². The number of hydrogen-bond donors (Lipinski definition) is 3. The van der Waals surface area contributed by atoms with Gasteiger partial charge >= 0.3 is 12.0 Å². The SMILES string of the molecule is CCN(C(=O)NC(CCOC)C(=O)O)C1CCNCC1. The van der Waals surface area contributed by atoms with Gasteiger partial charge in [0.1, 0.15) is 6.04 Å². The molecule has 1 heterocycles. The Bertz CT molecular complexity index is 319. The molecular formula is C13H25N3O4. The molecule has 116 valence electrons. The van der Waals surface area contributed by atoms with Crippen molar-refractivity contribution in [3.05, 3.63) is 0 Å². The molecule has 3 N–H and O–H groups in total. The van der Waals surface area contributed by atoms with E-state index in [-0.39, 0.29) is 18.5 Å². The number of methoxy groups -OCH3 is 1. The Balaban J connectivity index is 2.57. The second-order valence-electron chi connectivity index (χ2n) is 4.89. The molecule has 0 aromatic rings. The van der Waals surface area contributed by atoms with Gasteiger partial charge in [-0.15, -0.1) is 0 Å². The molecule has 20 heavy (non-hydrogen) atoms. The number of amides is 2. The summed E-state index contributed by atoms with van der Waals surface area (Å²) >= 11 is 0. The molecule has 7 nitrogen and oxygen atoms in total. The van der Waals surface area contributed by atoms with Crippen LogP contribution in [-0.4, -0.2) is 67.4 Å². The number of carboxylic acid groups (broad SMARTS) is 1. The number of carboxylic acids is 1. The molecule has 1 unspecified atom stereocenters. The number of hydrogen-bond acceptors (Lipinski definition) is 4. The number of nitrogens with one attached hydrogen (secondary N) is 2.